The van der Waals surface area contributed by atoms with Crippen LogP contribution in [0.2, 0.25) is 5.02 Å². The van der Waals surface area contributed by atoms with Crippen molar-refractivity contribution >= 4 is 45.3 Å². The highest BCUT2D eigenvalue weighted by Crippen LogP contribution is 2.21. The number of amides is 2. The number of primary amides is 1. The molecule has 6 nitrogen and oxygen atoms in total. The molecule has 0 fully saturated rings. The van der Waals surface area contributed by atoms with Gasteiger partial charge in [-0.1, -0.05) is 11.6 Å². The average molecular weight is 350 g/mol. The molecule has 1 aromatic carbocycles. The van der Waals surface area contributed by atoms with Crippen molar-refractivity contribution in [1.82, 2.24) is 5.32 Å². The predicted molar refractivity (Wildman–Crippen MR) is 71.9 cm³/mol. The fourth-order valence-electron chi connectivity index (χ4n) is 1.31. The summed E-state index contributed by atoms with van der Waals surface area (Å²) in [6.45, 7) is 0. The summed E-state index contributed by atoms with van der Waals surface area (Å²) in [5, 5.41) is 11.4. The van der Waals surface area contributed by atoms with Crippen LogP contribution in [-0.2, 0) is 9.59 Å². The predicted octanol–water partition coefficient (Wildman–Crippen LogP) is 1.16. The summed E-state index contributed by atoms with van der Waals surface area (Å²) in [4.78, 5) is 33.5. The van der Waals surface area contributed by atoms with E-state index < -0.39 is 30.2 Å². The van der Waals surface area contributed by atoms with E-state index in [1.807, 2.05) is 0 Å². The fourth-order valence-corrected chi connectivity index (χ4v) is 1.91. The van der Waals surface area contributed by atoms with Gasteiger partial charge in [-0.25, -0.2) is 4.79 Å². The molecule has 19 heavy (non-hydrogen) atoms. The van der Waals surface area contributed by atoms with Crippen LogP contribution in [0.3, 0.4) is 0 Å². The van der Waals surface area contributed by atoms with E-state index in [1.165, 1.54) is 6.07 Å². The fraction of sp³-hybridized carbons (Fsp3) is 0.182. The number of aliphatic carboxylic acids is 1. The molecule has 2 amide bonds. The van der Waals surface area contributed by atoms with Crippen LogP contribution in [0, 0.1) is 0 Å². The van der Waals surface area contributed by atoms with Crippen molar-refractivity contribution in [2.45, 2.75) is 12.5 Å². The molecular formula is C11H10BrClN2O4. The van der Waals surface area contributed by atoms with Gasteiger partial charge in [0.2, 0.25) is 5.91 Å². The van der Waals surface area contributed by atoms with E-state index in [1.54, 1.807) is 12.1 Å². The minimum Gasteiger partial charge on any atom is -0.480 e. The molecule has 0 saturated carbocycles. The largest absolute Gasteiger partial charge is 0.480 e. The van der Waals surface area contributed by atoms with Gasteiger partial charge in [-0.05, 0) is 34.1 Å². The van der Waals surface area contributed by atoms with Gasteiger partial charge in [0.05, 0.1) is 12.0 Å². The first-order valence-electron chi connectivity index (χ1n) is 5.08. The van der Waals surface area contributed by atoms with Gasteiger partial charge in [0.1, 0.15) is 6.04 Å². The third kappa shape index (κ3) is 4.53. The number of carbonyl (C=O) groups excluding carboxylic acids is 2. The van der Waals surface area contributed by atoms with E-state index >= 15 is 0 Å². The molecule has 0 heterocycles. The maximum Gasteiger partial charge on any atom is 0.326 e. The molecule has 0 aliphatic heterocycles. The molecule has 102 valence electrons. The van der Waals surface area contributed by atoms with Gasteiger partial charge in [-0.2, -0.15) is 0 Å². The lowest BCUT2D eigenvalue weighted by Gasteiger charge is -2.13. The third-order valence-electron chi connectivity index (χ3n) is 2.18. The first-order valence-corrected chi connectivity index (χ1v) is 6.25. The molecule has 0 radical (unpaired) electrons. The maximum absolute atomic E-state index is 11.9. The molecule has 1 rings (SSSR count). The summed E-state index contributed by atoms with van der Waals surface area (Å²) in [6, 6.07) is 3.13. The Morgan fingerprint density at radius 1 is 1.42 bits per heavy atom. The quantitative estimate of drug-likeness (QED) is 0.741. The number of carboxylic acids is 1. The summed E-state index contributed by atoms with van der Waals surface area (Å²) in [6.07, 6.45) is -0.487. The summed E-state index contributed by atoms with van der Waals surface area (Å²) < 4.78 is 0.456. The van der Waals surface area contributed by atoms with Gasteiger partial charge in [-0.15, -0.1) is 0 Å². The number of halogens is 2. The molecule has 0 aliphatic carbocycles. The molecule has 0 aromatic heterocycles. The monoisotopic (exact) mass is 348 g/mol. The van der Waals surface area contributed by atoms with E-state index in [0.717, 1.165) is 0 Å². The Morgan fingerprint density at radius 3 is 2.58 bits per heavy atom. The van der Waals surface area contributed by atoms with Crippen LogP contribution < -0.4 is 11.1 Å². The van der Waals surface area contributed by atoms with Crippen molar-refractivity contribution in [3.8, 4) is 0 Å². The highest BCUT2D eigenvalue weighted by atomic mass is 79.9. The molecule has 0 bridgehead atoms. The standard InChI is InChI=1S/C11H10BrClN2O4/c12-7-2-1-5(13)3-6(7)10(17)15-8(11(18)19)4-9(14)16/h1-3,8H,4H2,(H2,14,16)(H,15,17)(H,18,19). The summed E-state index contributed by atoms with van der Waals surface area (Å²) in [5.41, 5.74) is 5.09. The number of carbonyl (C=O) groups is 3. The Hall–Kier alpha value is -1.60. The van der Waals surface area contributed by atoms with E-state index in [9.17, 15) is 14.4 Å². The van der Waals surface area contributed by atoms with Crippen molar-refractivity contribution < 1.29 is 19.5 Å². The minimum absolute atomic E-state index is 0.170. The molecule has 1 aromatic rings. The Bertz CT molecular complexity index is 535. The summed E-state index contributed by atoms with van der Waals surface area (Å²) >= 11 is 8.90. The Labute approximate surface area is 122 Å². The molecule has 0 aliphatic rings. The number of hydrogen-bond donors (Lipinski definition) is 3. The van der Waals surface area contributed by atoms with Crippen LogP contribution in [0.4, 0.5) is 0 Å². The first-order chi connectivity index (χ1) is 8.81. The second-order valence-electron chi connectivity index (χ2n) is 3.66. The smallest absolute Gasteiger partial charge is 0.326 e. The number of benzene rings is 1. The SMILES string of the molecule is NC(=O)CC(NC(=O)c1cc(Cl)ccc1Br)C(=O)O. The van der Waals surface area contributed by atoms with Gasteiger partial charge >= 0.3 is 5.97 Å². The zero-order chi connectivity index (χ0) is 14.6. The molecular weight excluding hydrogens is 339 g/mol. The first kappa shape index (κ1) is 15.5. The van der Waals surface area contributed by atoms with Crippen molar-refractivity contribution in [3.63, 3.8) is 0 Å². The summed E-state index contributed by atoms with van der Waals surface area (Å²) in [7, 11) is 0. The lowest BCUT2D eigenvalue weighted by atomic mass is 10.1. The highest BCUT2D eigenvalue weighted by Gasteiger charge is 2.23. The number of rotatable bonds is 5. The van der Waals surface area contributed by atoms with Crippen LogP contribution in [0.5, 0.6) is 0 Å². The zero-order valence-electron chi connectivity index (χ0n) is 9.52. The minimum atomic E-state index is -1.38. The lowest BCUT2D eigenvalue weighted by Crippen LogP contribution is -2.43. The Morgan fingerprint density at radius 2 is 2.05 bits per heavy atom. The van der Waals surface area contributed by atoms with Gasteiger partial charge < -0.3 is 16.2 Å². The van der Waals surface area contributed by atoms with Crippen LogP contribution >= 0.6 is 27.5 Å². The topological polar surface area (TPSA) is 109 Å². The van der Waals surface area contributed by atoms with Crippen LogP contribution in [0.1, 0.15) is 16.8 Å². The van der Waals surface area contributed by atoms with Gasteiger partial charge in [-0.3, -0.25) is 9.59 Å². The molecule has 0 saturated heterocycles. The van der Waals surface area contributed by atoms with E-state index in [-0.39, 0.29) is 5.56 Å². The number of nitrogens with two attached hydrogens (primary N) is 1. The van der Waals surface area contributed by atoms with Crippen molar-refractivity contribution in [3.05, 3.63) is 33.3 Å². The molecule has 0 spiro atoms. The molecule has 1 unspecified atom stereocenters. The Kier molecular flexibility index (Phi) is 5.31. The van der Waals surface area contributed by atoms with Crippen LogP contribution in [-0.4, -0.2) is 28.9 Å². The second kappa shape index (κ2) is 6.53. The van der Waals surface area contributed by atoms with Crippen LogP contribution in [0.15, 0.2) is 22.7 Å². The molecule has 1 atom stereocenters. The van der Waals surface area contributed by atoms with Crippen molar-refractivity contribution in [2.75, 3.05) is 0 Å². The van der Waals surface area contributed by atoms with Crippen molar-refractivity contribution in [2.24, 2.45) is 5.73 Å². The number of carboxylic acid groups (broad SMARTS) is 1. The van der Waals surface area contributed by atoms with Gasteiger partial charge in [0, 0.05) is 9.50 Å². The van der Waals surface area contributed by atoms with Gasteiger partial charge in [0.15, 0.2) is 0 Å². The summed E-state index contributed by atoms with van der Waals surface area (Å²) in [5.74, 6) is -2.83. The van der Waals surface area contributed by atoms with E-state index in [2.05, 4.69) is 21.2 Å². The highest BCUT2D eigenvalue weighted by molar-refractivity contribution is 9.10. The number of hydrogen-bond acceptors (Lipinski definition) is 3. The molecule has 8 heteroatoms. The van der Waals surface area contributed by atoms with Crippen molar-refractivity contribution in [1.29, 1.82) is 0 Å². The number of nitrogens with one attached hydrogen (secondary N) is 1. The second-order valence-corrected chi connectivity index (χ2v) is 4.95. The molecule has 4 N–H and O–H groups in total. The maximum atomic E-state index is 11.9. The van der Waals surface area contributed by atoms with E-state index in [4.69, 9.17) is 22.4 Å². The third-order valence-corrected chi connectivity index (χ3v) is 3.11. The van der Waals surface area contributed by atoms with Gasteiger partial charge in [0.25, 0.3) is 5.91 Å². The Balaban J connectivity index is 2.90. The zero-order valence-corrected chi connectivity index (χ0v) is 11.9. The average Bonchev–Trinajstić information content (AvgIpc) is 2.30. The lowest BCUT2D eigenvalue weighted by molar-refractivity contribution is -0.140. The van der Waals surface area contributed by atoms with E-state index in [0.29, 0.717) is 9.50 Å². The van der Waals surface area contributed by atoms with Crippen LogP contribution in [0.25, 0.3) is 0 Å². The normalized spacial score (nSPS) is 11.7.